The number of hydrogen-bond acceptors (Lipinski definition) is 4. The van der Waals surface area contributed by atoms with Crippen LogP contribution in [0.15, 0.2) is 0 Å². The van der Waals surface area contributed by atoms with Crippen molar-refractivity contribution in [2.24, 2.45) is 5.84 Å². The molecule has 19 heavy (non-hydrogen) atoms. The third-order valence-corrected chi connectivity index (χ3v) is 3.32. The number of nitrogens with two attached hydrogens (primary N) is 1. The molecular weight excluding hydrogens is 248 g/mol. The Hall–Kier alpha value is -1.63. The molecule has 0 aromatic heterocycles. The second kappa shape index (κ2) is 6.51. The summed E-state index contributed by atoms with van der Waals surface area (Å²) in [5.41, 5.74) is 1.21. The average Bonchev–Trinajstić information content (AvgIpc) is 2.60. The normalized spacial score (nSPS) is 22.6. The lowest BCUT2D eigenvalue weighted by Gasteiger charge is -2.21. The lowest BCUT2D eigenvalue weighted by atomic mass is 9.95. The molecule has 1 fully saturated rings. The molecule has 0 bridgehead atoms. The van der Waals surface area contributed by atoms with Crippen LogP contribution in [0.2, 0.25) is 0 Å². The Labute approximate surface area is 112 Å². The molecule has 4 amide bonds. The largest absolute Gasteiger partial charge is 0.325 e. The van der Waals surface area contributed by atoms with Gasteiger partial charge in [0.25, 0.3) is 5.91 Å². The summed E-state index contributed by atoms with van der Waals surface area (Å²) in [6.45, 7) is 4.02. The summed E-state index contributed by atoms with van der Waals surface area (Å²) in [4.78, 5) is 36.1. The van der Waals surface area contributed by atoms with Gasteiger partial charge in [0.15, 0.2) is 0 Å². The van der Waals surface area contributed by atoms with Crippen LogP contribution in [0.1, 0.15) is 46.0 Å². The molecule has 108 valence electrons. The number of urea groups is 1. The zero-order valence-corrected chi connectivity index (χ0v) is 11.5. The van der Waals surface area contributed by atoms with Crippen LogP contribution in [0.3, 0.4) is 0 Å². The molecule has 1 aliphatic rings. The fraction of sp³-hybridized carbons (Fsp3) is 0.750. The minimum atomic E-state index is -0.802. The highest BCUT2D eigenvalue weighted by atomic mass is 16.2. The second-order valence-electron chi connectivity index (χ2n) is 4.99. The van der Waals surface area contributed by atoms with E-state index >= 15 is 0 Å². The quantitative estimate of drug-likeness (QED) is 0.267. The van der Waals surface area contributed by atoms with Crippen molar-refractivity contribution in [3.05, 3.63) is 0 Å². The van der Waals surface area contributed by atoms with Gasteiger partial charge >= 0.3 is 6.03 Å². The summed E-state index contributed by atoms with van der Waals surface area (Å²) >= 11 is 0. The van der Waals surface area contributed by atoms with Crippen molar-refractivity contribution >= 4 is 17.8 Å². The van der Waals surface area contributed by atoms with Crippen LogP contribution in [0, 0.1) is 0 Å². The van der Waals surface area contributed by atoms with E-state index in [4.69, 9.17) is 5.84 Å². The van der Waals surface area contributed by atoms with Crippen molar-refractivity contribution in [2.75, 3.05) is 6.54 Å². The van der Waals surface area contributed by atoms with E-state index in [9.17, 15) is 14.4 Å². The van der Waals surface area contributed by atoms with E-state index in [0.717, 1.165) is 12.8 Å². The predicted octanol–water partition coefficient (Wildman–Crippen LogP) is 0.257. The van der Waals surface area contributed by atoms with Crippen molar-refractivity contribution in [3.63, 3.8) is 0 Å². The summed E-state index contributed by atoms with van der Waals surface area (Å²) < 4.78 is 0. The third kappa shape index (κ3) is 3.66. The molecule has 0 spiro atoms. The smallest absolute Gasteiger partial charge is 0.323 e. The van der Waals surface area contributed by atoms with Crippen molar-refractivity contribution in [3.8, 4) is 0 Å². The molecule has 1 heterocycles. The van der Waals surface area contributed by atoms with Gasteiger partial charge in [0.1, 0.15) is 5.54 Å². The first-order valence-electron chi connectivity index (χ1n) is 6.58. The third-order valence-electron chi connectivity index (χ3n) is 3.32. The lowest BCUT2D eigenvalue weighted by molar-refractivity contribution is -0.131. The van der Waals surface area contributed by atoms with E-state index in [1.165, 1.54) is 4.90 Å². The van der Waals surface area contributed by atoms with E-state index in [1.807, 2.05) is 12.3 Å². The molecule has 1 rings (SSSR count). The number of carbonyl (C=O) groups is 3. The van der Waals surface area contributed by atoms with E-state index in [2.05, 4.69) is 5.32 Å². The van der Waals surface area contributed by atoms with Gasteiger partial charge in [-0.1, -0.05) is 19.8 Å². The Morgan fingerprint density at radius 1 is 1.42 bits per heavy atom. The number of rotatable bonds is 7. The maximum atomic E-state index is 12.2. The topological polar surface area (TPSA) is 105 Å². The number of amides is 4. The lowest BCUT2D eigenvalue weighted by Crippen LogP contribution is -2.43. The molecule has 0 radical (unpaired) electrons. The zero-order chi connectivity index (χ0) is 14.5. The fourth-order valence-electron chi connectivity index (χ4n) is 2.12. The van der Waals surface area contributed by atoms with Crippen molar-refractivity contribution in [2.45, 2.75) is 51.5 Å². The van der Waals surface area contributed by atoms with E-state index < -0.39 is 5.54 Å². The number of nitrogens with one attached hydrogen (secondary N) is 2. The zero-order valence-electron chi connectivity index (χ0n) is 11.5. The first-order chi connectivity index (χ1) is 8.94. The van der Waals surface area contributed by atoms with Crippen LogP contribution in [-0.2, 0) is 9.59 Å². The van der Waals surface area contributed by atoms with Crippen LogP contribution in [-0.4, -0.2) is 34.8 Å². The van der Waals surface area contributed by atoms with Gasteiger partial charge in [-0.25, -0.2) is 10.6 Å². The summed E-state index contributed by atoms with van der Waals surface area (Å²) in [5.74, 6) is 4.45. The van der Waals surface area contributed by atoms with Crippen LogP contribution in [0.25, 0.3) is 0 Å². The summed E-state index contributed by atoms with van der Waals surface area (Å²) in [5, 5.41) is 2.73. The number of carbonyl (C=O) groups excluding carboxylic acids is 3. The number of hydrazine groups is 1. The SMILES string of the molecule is CCCCC1(C)NC(=O)N(CCCC(=O)NN)C1=O. The standard InChI is InChI=1S/C12H22N4O3/c1-3-4-7-12(2)10(18)16(11(19)14-12)8-5-6-9(17)15-13/h3-8,13H2,1-2H3,(H,14,19)(H,15,17). The maximum Gasteiger partial charge on any atom is 0.325 e. The molecule has 7 nitrogen and oxygen atoms in total. The molecule has 1 aliphatic heterocycles. The van der Waals surface area contributed by atoms with Gasteiger partial charge in [0.2, 0.25) is 5.91 Å². The molecule has 1 unspecified atom stereocenters. The minimum Gasteiger partial charge on any atom is -0.323 e. The Bertz CT molecular complexity index is 372. The highest BCUT2D eigenvalue weighted by Crippen LogP contribution is 2.23. The van der Waals surface area contributed by atoms with Gasteiger partial charge in [-0.3, -0.25) is 19.9 Å². The number of nitrogens with zero attached hydrogens (tertiary/aromatic N) is 1. The Balaban J connectivity index is 2.53. The van der Waals surface area contributed by atoms with E-state index in [1.54, 1.807) is 6.92 Å². The first-order valence-corrected chi connectivity index (χ1v) is 6.58. The van der Waals surface area contributed by atoms with E-state index in [0.29, 0.717) is 12.8 Å². The molecule has 0 aliphatic carbocycles. The van der Waals surface area contributed by atoms with Crippen molar-refractivity contribution < 1.29 is 14.4 Å². The molecule has 0 aromatic carbocycles. The van der Waals surface area contributed by atoms with Crippen LogP contribution < -0.4 is 16.6 Å². The van der Waals surface area contributed by atoms with Gasteiger partial charge in [-0.15, -0.1) is 0 Å². The molecule has 0 saturated carbocycles. The van der Waals surface area contributed by atoms with Gasteiger partial charge < -0.3 is 5.32 Å². The number of imide groups is 1. The van der Waals surface area contributed by atoms with Crippen LogP contribution in [0.5, 0.6) is 0 Å². The highest BCUT2D eigenvalue weighted by molar-refractivity contribution is 6.06. The van der Waals surface area contributed by atoms with Gasteiger partial charge in [0, 0.05) is 13.0 Å². The molecule has 0 aromatic rings. The summed E-state index contributed by atoms with van der Waals surface area (Å²) in [7, 11) is 0. The Kier molecular flexibility index (Phi) is 5.29. The first kappa shape index (κ1) is 15.4. The van der Waals surface area contributed by atoms with Gasteiger partial charge in [-0.2, -0.15) is 0 Å². The Morgan fingerprint density at radius 2 is 2.11 bits per heavy atom. The molecular formula is C12H22N4O3. The Morgan fingerprint density at radius 3 is 2.68 bits per heavy atom. The van der Waals surface area contributed by atoms with Gasteiger partial charge in [-0.05, 0) is 19.8 Å². The number of hydrogen-bond donors (Lipinski definition) is 3. The molecule has 7 heteroatoms. The molecule has 1 atom stereocenters. The van der Waals surface area contributed by atoms with E-state index in [-0.39, 0.29) is 30.8 Å². The van der Waals surface area contributed by atoms with Crippen LogP contribution in [0.4, 0.5) is 4.79 Å². The summed E-state index contributed by atoms with van der Waals surface area (Å²) in [6, 6.07) is -0.378. The fourth-order valence-corrected chi connectivity index (χ4v) is 2.12. The summed E-state index contributed by atoms with van der Waals surface area (Å²) in [6.07, 6.45) is 3.08. The second-order valence-corrected chi connectivity index (χ2v) is 4.99. The maximum absolute atomic E-state index is 12.2. The average molecular weight is 270 g/mol. The molecule has 1 saturated heterocycles. The number of unbranched alkanes of at least 4 members (excludes halogenated alkanes) is 1. The minimum absolute atomic E-state index is 0.194. The monoisotopic (exact) mass is 270 g/mol. The molecule has 4 N–H and O–H groups in total. The highest BCUT2D eigenvalue weighted by Gasteiger charge is 2.46. The van der Waals surface area contributed by atoms with Gasteiger partial charge in [0.05, 0.1) is 0 Å². The predicted molar refractivity (Wildman–Crippen MR) is 69.7 cm³/mol. The van der Waals surface area contributed by atoms with Crippen molar-refractivity contribution in [1.82, 2.24) is 15.6 Å². The van der Waals surface area contributed by atoms with Crippen molar-refractivity contribution in [1.29, 1.82) is 0 Å². The van der Waals surface area contributed by atoms with Crippen LogP contribution >= 0.6 is 0 Å².